The second-order valence-corrected chi connectivity index (χ2v) is 7.84. The molecule has 2 heterocycles. The third-order valence-electron chi connectivity index (χ3n) is 4.62. The summed E-state index contributed by atoms with van der Waals surface area (Å²) in [5.41, 5.74) is 7.72. The lowest BCUT2D eigenvalue weighted by molar-refractivity contribution is 0.100. The number of carbonyl (C=O) groups is 1. The molecule has 0 radical (unpaired) electrons. The van der Waals surface area contributed by atoms with Gasteiger partial charge in [-0.1, -0.05) is 27.5 Å². The standard InChI is InChI=1S/C20H17BrClN3O2/c21-13-2-5-18(16(10-13)20(23)26)25-8-7-15(11-25)27-19-6-1-12-9-14(22)3-4-17(12)24-19/h1-6,9-10,15H,7-8,11H2,(H2,23,26). The van der Waals surface area contributed by atoms with Crippen LogP contribution in [0.15, 0.2) is 53.0 Å². The number of nitrogens with two attached hydrogens (primary N) is 1. The molecule has 138 valence electrons. The molecule has 0 bridgehead atoms. The van der Waals surface area contributed by atoms with Gasteiger partial charge in [-0.05, 0) is 42.5 Å². The lowest BCUT2D eigenvalue weighted by Crippen LogP contribution is -2.27. The maximum Gasteiger partial charge on any atom is 0.250 e. The molecule has 0 saturated carbocycles. The van der Waals surface area contributed by atoms with Crippen molar-refractivity contribution in [3.63, 3.8) is 0 Å². The van der Waals surface area contributed by atoms with E-state index in [1.807, 2.05) is 42.5 Å². The fourth-order valence-corrected chi connectivity index (χ4v) is 3.88. The SMILES string of the molecule is NC(=O)c1cc(Br)ccc1N1CCC(Oc2ccc3cc(Cl)ccc3n2)C1. The minimum absolute atomic E-state index is 0.00776. The molecule has 1 fully saturated rings. The van der Waals surface area contributed by atoms with Gasteiger partial charge in [0.2, 0.25) is 5.88 Å². The van der Waals surface area contributed by atoms with Gasteiger partial charge < -0.3 is 15.4 Å². The van der Waals surface area contributed by atoms with Crippen LogP contribution in [0.4, 0.5) is 5.69 Å². The Morgan fingerprint density at radius 2 is 2.07 bits per heavy atom. The number of rotatable bonds is 4. The Morgan fingerprint density at radius 1 is 1.22 bits per heavy atom. The first-order valence-electron chi connectivity index (χ1n) is 8.57. The number of pyridine rings is 1. The number of hydrogen-bond acceptors (Lipinski definition) is 4. The molecule has 2 aromatic carbocycles. The smallest absolute Gasteiger partial charge is 0.250 e. The molecule has 1 unspecified atom stereocenters. The molecule has 7 heteroatoms. The van der Waals surface area contributed by atoms with E-state index >= 15 is 0 Å². The Kier molecular flexibility index (Phi) is 4.93. The van der Waals surface area contributed by atoms with Crippen LogP contribution < -0.4 is 15.4 Å². The van der Waals surface area contributed by atoms with Crippen molar-refractivity contribution < 1.29 is 9.53 Å². The summed E-state index contributed by atoms with van der Waals surface area (Å²) in [5.74, 6) is 0.146. The van der Waals surface area contributed by atoms with Crippen molar-refractivity contribution in [3.05, 3.63) is 63.6 Å². The Balaban J connectivity index is 1.50. The Labute approximate surface area is 170 Å². The van der Waals surface area contributed by atoms with Gasteiger partial charge in [0.15, 0.2) is 0 Å². The quantitative estimate of drug-likeness (QED) is 0.645. The zero-order valence-corrected chi connectivity index (χ0v) is 16.7. The zero-order chi connectivity index (χ0) is 19.0. The molecule has 1 saturated heterocycles. The maximum absolute atomic E-state index is 11.8. The normalized spacial score (nSPS) is 16.7. The van der Waals surface area contributed by atoms with E-state index in [0.29, 0.717) is 23.0 Å². The summed E-state index contributed by atoms with van der Waals surface area (Å²) in [6.45, 7) is 1.46. The van der Waals surface area contributed by atoms with Crippen molar-refractivity contribution in [2.45, 2.75) is 12.5 Å². The minimum Gasteiger partial charge on any atom is -0.472 e. The molecule has 1 atom stereocenters. The van der Waals surface area contributed by atoms with Gasteiger partial charge in [0.25, 0.3) is 5.91 Å². The fraction of sp³-hybridized carbons (Fsp3) is 0.200. The van der Waals surface area contributed by atoms with Crippen LogP contribution in [0.25, 0.3) is 10.9 Å². The number of hydrogen-bond donors (Lipinski definition) is 1. The molecule has 0 aliphatic carbocycles. The summed E-state index contributed by atoms with van der Waals surface area (Å²) in [4.78, 5) is 18.5. The summed E-state index contributed by atoms with van der Waals surface area (Å²) in [6.07, 6.45) is 0.834. The zero-order valence-electron chi connectivity index (χ0n) is 14.4. The maximum atomic E-state index is 11.8. The number of carbonyl (C=O) groups excluding carboxylic acids is 1. The van der Waals surface area contributed by atoms with Crippen LogP contribution >= 0.6 is 27.5 Å². The first-order valence-corrected chi connectivity index (χ1v) is 9.74. The van der Waals surface area contributed by atoms with Gasteiger partial charge in [-0.15, -0.1) is 0 Å². The van der Waals surface area contributed by atoms with Crippen LogP contribution in [-0.4, -0.2) is 30.1 Å². The van der Waals surface area contributed by atoms with Crippen molar-refractivity contribution in [1.82, 2.24) is 4.98 Å². The molecule has 4 rings (SSSR count). The molecule has 1 aromatic heterocycles. The first kappa shape index (κ1) is 18.1. The number of benzene rings is 2. The average Bonchev–Trinajstić information content (AvgIpc) is 3.10. The van der Waals surface area contributed by atoms with Crippen LogP contribution in [0.2, 0.25) is 5.02 Å². The van der Waals surface area contributed by atoms with Gasteiger partial charge in [0.1, 0.15) is 6.10 Å². The molecule has 1 aliphatic rings. The molecular formula is C20H17BrClN3O2. The lowest BCUT2D eigenvalue weighted by Gasteiger charge is -2.21. The predicted octanol–water partition coefficient (Wildman–Crippen LogP) is 4.41. The molecule has 2 N–H and O–H groups in total. The monoisotopic (exact) mass is 445 g/mol. The highest BCUT2D eigenvalue weighted by Crippen LogP contribution is 2.29. The molecule has 1 amide bonds. The summed E-state index contributed by atoms with van der Waals surface area (Å²) in [5, 5.41) is 1.66. The van der Waals surface area contributed by atoms with E-state index in [1.54, 1.807) is 6.07 Å². The van der Waals surface area contributed by atoms with Crippen LogP contribution in [0, 0.1) is 0 Å². The molecule has 27 heavy (non-hydrogen) atoms. The van der Waals surface area contributed by atoms with Crippen molar-refractivity contribution >= 4 is 50.0 Å². The van der Waals surface area contributed by atoms with E-state index in [4.69, 9.17) is 22.1 Å². The molecule has 0 spiro atoms. The largest absolute Gasteiger partial charge is 0.472 e. The van der Waals surface area contributed by atoms with E-state index in [1.165, 1.54) is 0 Å². The van der Waals surface area contributed by atoms with E-state index in [9.17, 15) is 4.79 Å². The van der Waals surface area contributed by atoms with E-state index in [-0.39, 0.29) is 6.10 Å². The van der Waals surface area contributed by atoms with Gasteiger partial charge in [-0.3, -0.25) is 4.79 Å². The number of ether oxygens (including phenoxy) is 1. The number of halogens is 2. The van der Waals surface area contributed by atoms with E-state index in [0.717, 1.165) is 34.0 Å². The van der Waals surface area contributed by atoms with Crippen LogP contribution in [0.3, 0.4) is 0 Å². The highest BCUT2D eigenvalue weighted by atomic mass is 79.9. The first-order chi connectivity index (χ1) is 13.0. The van der Waals surface area contributed by atoms with Gasteiger partial charge >= 0.3 is 0 Å². The Morgan fingerprint density at radius 3 is 2.89 bits per heavy atom. The van der Waals surface area contributed by atoms with Crippen LogP contribution in [-0.2, 0) is 0 Å². The van der Waals surface area contributed by atoms with Crippen molar-refractivity contribution in [2.24, 2.45) is 5.73 Å². The van der Waals surface area contributed by atoms with E-state index in [2.05, 4.69) is 25.8 Å². The summed E-state index contributed by atoms with van der Waals surface area (Å²) in [6, 6.07) is 15.0. The second kappa shape index (κ2) is 7.37. The van der Waals surface area contributed by atoms with Crippen molar-refractivity contribution in [3.8, 4) is 5.88 Å². The predicted molar refractivity (Wildman–Crippen MR) is 111 cm³/mol. The van der Waals surface area contributed by atoms with Gasteiger partial charge in [-0.2, -0.15) is 0 Å². The molecule has 1 aliphatic heterocycles. The van der Waals surface area contributed by atoms with Crippen LogP contribution in [0.1, 0.15) is 16.8 Å². The highest BCUT2D eigenvalue weighted by molar-refractivity contribution is 9.10. The van der Waals surface area contributed by atoms with Crippen molar-refractivity contribution in [1.29, 1.82) is 0 Å². The van der Waals surface area contributed by atoms with Gasteiger partial charge in [0, 0.05) is 39.6 Å². The fourth-order valence-electron chi connectivity index (χ4n) is 3.34. The van der Waals surface area contributed by atoms with Crippen LogP contribution in [0.5, 0.6) is 5.88 Å². The number of nitrogens with zero attached hydrogens (tertiary/aromatic N) is 2. The number of fused-ring (bicyclic) bond motifs is 1. The molecular weight excluding hydrogens is 430 g/mol. The summed E-state index contributed by atoms with van der Waals surface area (Å²) < 4.78 is 6.90. The van der Waals surface area contributed by atoms with Gasteiger partial charge in [-0.25, -0.2) is 4.98 Å². The molecule has 3 aromatic rings. The third kappa shape index (κ3) is 3.87. The average molecular weight is 447 g/mol. The topological polar surface area (TPSA) is 68.5 Å². The number of aromatic nitrogens is 1. The summed E-state index contributed by atoms with van der Waals surface area (Å²) >= 11 is 9.40. The molecule has 5 nitrogen and oxygen atoms in total. The second-order valence-electron chi connectivity index (χ2n) is 6.49. The number of anilines is 1. The Bertz CT molecular complexity index is 1030. The minimum atomic E-state index is -0.439. The number of amides is 1. The van der Waals surface area contributed by atoms with Gasteiger partial charge in [0.05, 0.1) is 17.6 Å². The lowest BCUT2D eigenvalue weighted by atomic mass is 10.1. The Hall–Kier alpha value is -2.31. The van der Waals surface area contributed by atoms with Crippen molar-refractivity contribution in [2.75, 3.05) is 18.0 Å². The highest BCUT2D eigenvalue weighted by Gasteiger charge is 2.27. The third-order valence-corrected chi connectivity index (χ3v) is 5.35. The van der Waals surface area contributed by atoms with E-state index < -0.39 is 5.91 Å². The number of primary amides is 1. The summed E-state index contributed by atoms with van der Waals surface area (Å²) in [7, 11) is 0.